The predicted octanol–water partition coefficient (Wildman–Crippen LogP) is 5.57. The van der Waals surface area contributed by atoms with Gasteiger partial charge in [0, 0.05) is 22.6 Å². The van der Waals surface area contributed by atoms with Crippen LogP contribution in [0.4, 0.5) is 5.88 Å². The standard InChI is InChI=1S/C21H34N2O2/c1-16(20(2,3)11-7-10-17-8-6-9-17)22-19-14-18(23-25-19)21(15-24)12-4-5-13-21/h14,17,24H,4-13,15H2,1-3H3. The van der Waals surface area contributed by atoms with Gasteiger partial charge in [0.2, 0.25) is 0 Å². The molecule has 0 spiro atoms. The first-order chi connectivity index (χ1) is 12.0. The Hall–Kier alpha value is -1.16. The topological polar surface area (TPSA) is 58.6 Å². The minimum Gasteiger partial charge on any atom is -0.395 e. The van der Waals surface area contributed by atoms with E-state index in [-0.39, 0.29) is 17.4 Å². The van der Waals surface area contributed by atoms with Crippen LogP contribution in [0, 0.1) is 11.3 Å². The van der Waals surface area contributed by atoms with Crippen LogP contribution in [-0.2, 0) is 5.41 Å². The number of rotatable bonds is 8. The zero-order chi connectivity index (χ0) is 17.9. The van der Waals surface area contributed by atoms with Crippen LogP contribution < -0.4 is 0 Å². The van der Waals surface area contributed by atoms with Crippen molar-refractivity contribution in [1.29, 1.82) is 0 Å². The maximum Gasteiger partial charge on any atom is 0.250 e. The smallest absolute Gasteiger partial charge is 0.250 e. The van der Waals surface area contributed by atoms with E-state index in [4.69, 9.17) is 9.52 Å². The largest absolute Gasteiger partial charge is 0.395 e. The molecule has 0 atom stereocenters. The van der Waals surface area contributed by atoms with Crippen molar-refractivity contribution in [2.24, 2.45) is 16.3 Å². The molecule has 4 heteroatoms. The molecule has 0 bridgehead atoms. The van der Waals surface area contributed by atoms with Crippen molar-refractivity contribution >= 4 is 11.6 Å². The number of aliphatic hydroxyl groups is 1. The van der Waals surface area contributed by atoms with Crippen molar-refractivity contribution in [1.82, 2.24) is 5.16 Å². The van der Waals surface area contributed by atoms with E-state index >= 15 is 0 Å². The highest BCUT2D eigenvalue weighted by Gasteiger charge is 2.38. The second-order valence-electron chi connectivity index (χ2n) is 8.97. The summed E-state index contributed by atoms with van der Waals surface area (Å²) in [7, 11) is 0. The van der Waals surface area contributed by atoms with Crippen molar-refractivity contribution in [3.63, 3.8) is 0 Å². The number of hydrogen-bond donors (Lipinski definition) is 1. The van der Waals surface area contributed by atoms with Crippen LogP contribution in [-0.4, -0.2) is 22.6 Å². The van der Waals surface area contributed by atoms with Gasteiger partial charge in [-0.25, -0.2) is 4.99 Å². The van der Waals surface area contributed by atoms with Gasteiger partial charge in [0.15, 0.2) is 0 Å². The molecule has 2 aliphatic carbocycles. The molecular weight excluding hydrogens is 312 g/mol. The number of hydrogen-bond acceptors (Lipinski definition) is 4. The maximum absolute atomic E-state index is 9.84. The highest BCUT2D eigenvalue weighted by Crippen LogP contribution is 2.41. The van der Waals surface area contributed by atoms with Crippen LogP contribution >= 0.6 is 0 Å². The molecule has 140 valence electrons. The summed E-state index contributed by atoms with van der Waals surface area (Å²) in [6, 6.07) is 1.94. The molecule has 0 saturated heterocycles. The Balaban J connectivity index is 1.62. The van der Waals surface area contributed by atoms with E-state index in [0.717, 1.165) is 43.0 Å². The Morgan fingerprint density at radius 2 is 2.04 bits per heavy atom. The fourth-order valence-corrected chi connectivity index (χ4v) is 4.23. The minimum atomic E-state index is -0.205. The predicted molar refractivity (Wildman–Crippen MR) is 101 cm³/mol. The monoisotopic (exact) mass is 346 g/mol. The normalized spacial score (nSPS) is 21.5. The maximum atomic E-state index is 9.84. The first kappa shape index (κ1) is 18.6. The van der Waals surface area contributed by atoms with Crippen molar-refractivity contribution in [3.05, 3.63) is 11.8 Å². The van der Waals surface area contributed by atoms with Crippen LogP contribution in [0.3, 0.4) is 0 Å². The molecule has 0 unspecified atom stereocenters. The Labute approximate surface area is 152 Å². The molecule has 2 fully saturated rings. The van der Waals surface area contributed by atoms with E-state index in [9.17, 15) is 5.11 Å². The lowest BCUT2D eigenvalue weighted by Crippen LogP contribution is -2.27. The minimum absolute atomic E-state index is 0.0821. The van der Waals surface area contributed by atoms with Gasteiger partial charge in [-0.1, -0.05) is 63.9 Å². The average molecular weight is 347 g/mol. The highest BCUT2D eigenvalue weighted by atomic mass is 16.5. The van der Waals surface area contributed by atoms with Crippen molar-refractivity contribution in [3.8, 4) is 0 Å². The lowest BCUT2D eigenvalue weighted by atomic mass is 9.77. The summed E-state index contributed by atoms with van der Waals surface area (Å²) in [6.45, 7) is 6.80. The van der Waals surface area contributed by atoms with Gasteiger partial charge in [0.25, 0.3) is 5.88 Å². The molecule has 2 aliphatic rings. The SMILES string of the molecule is CC(=Nc1cc(C2(CO)CCCC2)no1)C(C)(C)CCCC1CCC1. The molecule has 1 N–H and O–H groups in total. The van der Waals surface area contributed by atoms with Gasteiger partial charge >= 0.3 is 0 Å². The summed E-state index contributed by atoms with van der Waals surface area (Å²) in [6.07, 6.45) is 12.4. The zero-order valence-corrected chi connectivity index (χ0v) is 16.2. The summed E-state index contributed by atoms with van der Waals surface area (Å²) in [5, 5.41) is 14.1. The number of aromatic nitrogens is 1. The quantitative estimate of drug-likeness (QED) is 0.626. The Kier molecular flexibility index (Phi) is 5.67. The van der Waals surface area contributed by atoms with Crippen LogP contribution in [0.15, 0.2) is 15.6 Å². The molecule has 0 aromatic carbocycles. The summed E-state index contributed by atoms with van der Waals surface area (Å²) in [5.74, 6) is 1.56. The van der Waals surface area contributed by atoms with Crippen LogP contribution in [0.1, 0.15) is 90.7 Å². The van der Waals surface area contributed by atoms with Gasteiger partial charge in [-0.05, 0) is 32.1 Å². The molecule has 2 saturated carbocycles. The first-order valence-corrected chi connectivity index (χ1v) is 10.1. The van der Waals surface area contributed by atoms with E-state index in [2.05, 4.69) is 25.9 Å². The second-order valence-corrected chi connectivity index (χ2v) is 8.97. The fraction of sp³-hybridized carbons (Fsp3) is 0.810. The second kappa shape index (κ2) is 7.61. The Morgan fingerprint density at radius 1 is 1.32 bits per heavy atom. The molecular formula is C21H34N2O2. The van der Waals surface area contributed by atoms with Gasteiger partial charge in [0.1, 0.15) is 0 Å². The van der Waals surface area contributed by atoms with Gasteiger partial charge in [0.05, 0.1) is 12.3 Å². The van der Waals surface area contributed by atoms with Gasteiger partial charge in [-0.3, -0.25) is 0 Å². The average Bonchev–Trinajstić information content (AvgIpc) is 3.19. The highest BCUT2D eigenvalue weighted by molar-refractivity contribution is 5.89. The van der Waals surface area contributed by atoms with Crippen LogP contribution in [0.5, 0.6) is 0 Å². The molecule has 25 heavy (non-hydrogen) atoms. The first-order valence-electron chi connectivity index (χ1n) is 10.1. The molecule has 4 nitrogen and oxygen atoms in total. The van der Waals surface area contributed by atoms with Crippen LogP contribution in [0.25, 0.3) is 0 Å². The molecule has 1 aromatic rings. The fourth-order valence-electron chi connectivity index (χ4n) is 4.23. The number of nitrogens with zero attached hydrogens (tertiary/aromatic N) is 2. The third kappa shape index (κ3) is 4.16. The summed E-state index contributed by atoms with van der Waals surface area (Å²) in [5.41, 5.74) is 1.86. The molecule has 0 radical (unpaired) electrons. The summed E-state index contributed by atoms with van der Waals surface area (Å²) in [4.78, 5) is 4.73. The lowest BCUT2D eigenvalue weighted by molar-refractivity contribution is 0.188. The van der Waals surface area contributed by atoms with E-state index in [0.29, 0.717) is 5.88 Å². The van der Waals surface area contributed by atoms with Gasteiger partial charge in [-0.15, -0.1) is 0 Å². The zero-order valence-electron chi connectivity index (χ0n) is 16.2. The van der Waals surface area contributed by atoms with Crippen molar-refractivity contribution in [2.75, 3.05) is 6.61 Å². The van der Waals surface area contributed by atoms with Crippen molar-refractivity contribution in [2.45, 2.75) is 90.4 Å². The third-order valence-electron chi connectivity index (χ3n) is 6.80. The van der Waals surface area contributed by atoms with Gasteiger partial charge in [-0.2, -0.15) is 0 Å². The van der Waals surface area contributed by atoms with Crippen molar-refractivity contribution < 1.29 is 9.63 Å². The molecule has 1 heterocycles. The third-order valence-corrected chi connectivity index (χ3v) is 6.80. The summed E-state index contributed by atoms with van der Waals surface area (Å²) >= 11 is 0. The molecule has 3 rings (SSSR count). The summed E-state index contributed by atoms with van der Waals surface area (Å²) < 4.78 is 5.49. The molecule has 1 aromatic heterocycles. The van der Waals surface area contributed by atoms with E-state index < -0.39 is 0 Å². The Bertz CT molecular complexity index is 593. The van der Waals surface area contributed by atoms with E-state index in [1.165, 1.54) is 38.5 Å². The molecule has 0 aliphatic heterocycles. The number of aliphatic imine (C=N–C) groups is 1. The molecule has 0 amide bonds. The van der Waals surface area contributed by atoms with Crippen LogP contribution in [0.2, 0.25) is 0 Å². The van der Waals surface area contributed by atoms with Gasteiger partial charge < -0.3 is 9.63 Å². The number of aliphatic hydroxyl groups excluding tert-OH is 1. The Morgan fingerprint density at radius 3 is 2.64 bits per heavy atom. The van der Waals surface area contributed by atoms with E-state index in [1.807, 2.05) is 6.07 Å². The lowest BCUT2D eigenvalue weighted by Gasteiger charge is -2.28. The van der Waals surface area contributed by atoms with E-state index in [1.54, 1.807) is 0 Å².